The van der Waals surface area contributed by atoms with E-state index in [9.17, 15) is 9.90 Å². The fraction of sp³-hybridized carbons (Fsp3) is 0.176. The first-order valence-corrected chi connectivity index (χ1v) is 6.81. The van der Waals surface area contributed by atoms with E-state index in [2.05, 4.69) is 4.98 Å². The largest absolute Gasteiger partial charge is 0.481 e. The molecule has 0 spiro atoms. The van der Waals surface area contributed by atoms with Crippen LogP contribution in [-0.4, -0.2) is 20.5 Å². The molecule has 1 N–H and O–H groups in total. The van der Waals surface area contributed by atoms with Crippen LogP contribution in [0.25, 0.3) is 16.9 Å². The van der Waals surface area contributed by atoms with E-state index in [1.165, 1.54) is 5.56 Å². The number of imidazole rings is 1. The molecule has 2 aromatic heterocycles. The van der Waals surface area contributed by atoms with Gasteiger partial charge in [-0.3, -0.25) is 4.79 Å². The van der Waals surface area contributed by atoms with E-state index in [0.29, 0.717) is 5.69 Å². The maximum atomic E-state index is 11.2. The maximum absolute atomic E-state index is 11.2. The van der Waals surface area contributed by atoms with Crippen molar-refractivity contribution in [1.29, 1.82) is 0 Å². The molecule has 0 saturated carbocycles. The summed E-state index contributed by atoms with van der Waals surface area (Å²) in [7, 11) is 0. The van der Waals surface area contributed by atoms with Gasteiger partial charge in [0.25, 0.3) is 0 Å². The van der Waals surface area contributed by atoms with Crippen LogP contribution in [0.15, 0.2) is 42.6 Å². The Kier molecular flexibility index (Phi) is 3.22. The Labute approximate surface area is 122 Å². The molecule has 1 aromatic carbocycles. The van der Waals surface area contributed by atoms with Crippen molar-refractivity contribution in [3.63, 3.8) is 0 Å². The van der Waals surface area contributed by atoms with Crippen molar-refractivity contribution in [2.24, 2.45) is 0 Å². The highest BCUT2D eigenvalue weighted by Crippen LogP contribution is 2.26. The maximum Gasteiger partial charge on any atom is 0.309 e. The Bertz CT molecular complexity index is 817. The third-order valence-electron chi connectivity index (χ3n) is 3.59. The van der Waals surface area contributed by atoms with Crippen molar-refractivity contribution < 1.29 is 9.90 Å². The number of aliphatic carboxylic acids is 1. The lowest BCUT2D eigenvalue weighted by atomic mass is 10.1. The summed E-state index contributed by atoms with van der Waals surface area (Å²) < 4.78 is 1.87. The number of fused-ring (bicyclic) bond motifs is 1. The Morgan fingerprint density at radius 2 is 1.90 bits per heavy atom. The summed E-state index contributed by atoms with van der Waals surface area (Å²) in [4.78, 5) is 15.9. The zero-order chi connectivity index (χ0) is 15.0. The summed E-state index contributed by atoms with van der Waals surface area (Å²) in [5.74, 6) is -0.855. The third-order valence-corrected chi connectivity index (χ3v) is 3.59. The molecule has 0 saturated heterocycles. The zero-order valence-electron chi connectivity index (χ0n) is 12.0. The van der Waals surface area contributed by atoms with Gasteiger partial charge in [-0.1, -0.05) is 35.9 Å². The molecule has 21 heavy (non-hydrogen) atoms. The minimum absolute atomic E-state index is 0.0478. The number of hydrogen-bond donors (Lipinski definition) is 1. The van der Waals surface area contributed by atoms with Crippen LogP contribution in [-0.2, 0) is 11.2 Å². The number of aryl methyl sites for hydroxylation is 2. The van der Waals surface area contributed by atoms with Crippen LogP contribution in [0.3, 0.4) is 0 Å². The molecule has 0 aliphatic carbocycles. The van der Waals surface area contributed by atoms with E-state index in [-0.39, 0.29) is 6.42 Å². The number of aromatic nitrogens is 2. The number of benzene rings is 1. The average molecular weight is 280 g/mol. The van der Waals surface area contributed by atoms with Gasteiger partial charge in [0.15, 0.2) is 0 Å². The molecule has 0 bridgehead atoms. The van der Waals surface area contributed by atoms with Crippen LogP contribution in [0, 0.1) is 13.8 Å². The van der Waals surface area contributed by atoms with Crippen molar-refractivity contribution in [2.45, 2.75) is 20.3 Å². The summed E-state index contributed by atoms with van der Waals surface area (Å²) in [5, 5.41) is 9.19. The van der Waals surface area contributed by atoms with Gasteiger partial charge in [-0.15, -0.1) is 0 Å². The molecule has 4 heteroatoms. The molecular formula is C17H16N2O2. The van der Waals surface area contributed by atoms with Gasteiger partial charge < -0.3 is 9.51 Å². The fourth-order valence-electron chi connectivity index (χ4n) is 2.51. The number of carboxylic acid groups (broad SMARTS) is 1. The second kappa shape index (κ2) is 5.05. The number of carboxylic acids is 1. The second-order valence-corrected chi connectivity index (χ2v) is 5.23. The molecule has 3 rings (SSSR count). The Hall–Kier alpha value is -2.62. The zero-order valence-corrected chi connectivity index (χ0v) is 12.0. The summed E-state index contributed by atoms with van der Waals surface area (Å²) >= 11 is 0. The van der Waals surface area contributed by atoms with Gasteiger partial charge in [-0.2, -0.15) is 0 Å². The number of nitrogens with zero attached hydrogens (tertiary/aromatic N) is 2. The number of carbonyl (C=O) groups is 1. The van der Waals surface area contributed by atoms with E-state index >= 15 is 0 Å². The lowest BCUT2D eigenvalue weighted by molar-refractivity contribution is -0.136. The van der Waals surface area contributed by atoms with E-state index < -0.39 is 5.97 Å². The minimum atomic E-state index is -0.855. The smallest absolute Gasteiger partial charge is 0.309 e. The molecule has 3 aromatic rings. The first-order valence-electron chi connectivity index (χ1n) is 6.81. The van der Waals surface area contributed by atoms with Crippen LogP contribution >= 0.6 is 0 Å². The summed E-state index contributed by atoms with van der Waals surface area (Å²) in [6, 6.07) is 11.9. The monoisotopic (exact) mass is 280 g/mol. The van der Waals surface area contributed by atoms with E-state index in [1.807, 2.05) is 60.8 Å². The number of hydrogen-bond acceptors (Lipinski definition) is 2. The van der Waals surface area contributed by atoms with Gasteiger partial charge in [0, 0.05) is 11.8 Å². The lowest BCUT2D eigenvalue weighted by Crippen LogP contribution is -2.04. The lowest BCUT2D eigenvalue weighted by Gasteiger charge is -2.03. The van der Waals surface area contributed by atoms with Crippen LogP contribution in [0.1, 0.15) is 16.8 Å². The van der Waals surface area contributed by atoms with E-state index in [1.54, 1.807) is 0 Å². The third kappa shape index (κ3) is 2.40. The molecule has 0 amide bonds. The second-order valence-electron chi connectivity index (χ2n) is 5.23. The van der Waals surface area contributed by atoms with Crippen LogP contribution < -0.4 is 0 Å². The molecule has 0 aliphatic rings. The van der Waals surface area contributed by atoms with Gasteiger partial charge in [-0.05, 0) is 25.5 Å². The van der Waals surface area contributed by atoms with Gasteiger partial charge in [0.2, 0.25) is 0 Å². The van der Waals surface area contributed by atoms with Crippen molar-refractivity contribution in [3.05, 3.63) is 59.4 Å². The van der Waals surface area contributed by atoms with Crippen molar-refractivity contribution in [3.8, 4) is 11.3 Å². The highest BCUT2D eigenvalue weighted by Gasteiger charge is 2.17. The van der Waals surface area contributed by atoms with Gasteiger partial charge in [0.05, 0.1) is 17.8 Å². The van der Waals surface area contributed by atoms with Crippen molar-refractivity contribution in [1.82, 2.24) is 9.38 Å². The van der Waals surface area contributed by atoms with Gasteiger partial charge in [-0.25, -0.2) is 4.98 Å². The molecular weight excluding hydrogens is 264 g/mol. The molecule has 0 radical (unpaired) electrons. The minimum Gasteiger partial charge on any atom is -0.481 e. The number of pyridine rings is 1. The predicted octanol–water partition coefficient (Wildman–Crippen LogP) is 3.25. The van der Waals surface area contributed by atoms with Crippen LogP contribution in [0.5, 0.6) is 0 Å². The molecule has 0 fully saturated rings. The van der Waals surface area contributed by atoms with Gasteiger partial charge in [0.1, 0.15) is 5.65 Å². The highest BCUT2D eigenvalue weighted by molar-refractivity contribution is 5.76. The Morgan fingerprint density at radius 1 is 1.19 bits per heavy atom. The molecule has 0 unspecified atom stereocenters. The molecule has 0 atom stereocenters. The Morgan fingerprint density at radius 3 is 2.57 bits per heavy atom. The standard InChI is InChI=1S/C17H16N2O2/c1-11-5-7-13(8-6-11)16-14(10-15(20)21)19-9-3-4-12(2)17(19)18-16/h3-9H,10H2,1-2H3,(H,20,21). The average Bonchev–Trinajstić information content (AvgIpc) is 2.80. The Balaban J connectivity index is 2.27. The van der Waals surface area contributed by atoms with Crippen LogP contribution in [0.4, 0.5) is 0 Å². The summed E-state index contributed by atoms with van der Waals surface area (Å²) in [6.07, 6.45) is 1.82. The van der Waals surface area contributed by atoms with E-state index in [4.69, 9.17) is 0 Å². The highest BCUT2D eigenvalue weighted by atomic mass is 16.4. The molecule has 0 aliphatic heterocycles. The van der Waals surface area contributed by atoms with Gasteiger partial charge >= 0.3 is 5.97 Å². The predicted molar refractivity (Wildman–Crippen MR) is 81.4 cm³/mol. The topological polar surface area (TPSA) is 54.6 Å². The fourth-order valence-corrected chi connectivity index (χ4v) is 2.51. The SMILES string of the molecule is Cc1ccc(-c2nc3c(C)cccn3c2CC(=O)O)cc1. The first kappa shape index (κ1) is 13.4. The first-order chi connectivity index (χ1) is 10.1. The molecule has 2 heterocycles. The summed E-state index contributed by atoms with van der Waals surface area (Å²) in [6.45, 7) is 4.00. The quantitative estimate of drug-likeness (QED) is 0.801. The van der Waals surface area contributed by atoms with Crippen LogP contribution in [0.2, 0.25) is 0 Å². The number of rotatable bonds is 3. The summed E-state index contributed by atoms with van der Waals surface area (Å²) in [5.41, 5.74) is 5.40. The van der Waals surface area contributed by atoms with E-state index in [0.717, 1.165) is 22.5 Å². The molecule has 4 nitrogen and oxygen atoms in total. The van der Waals surface area contributed by atoms with Crippen molar-refractivity contribution in [2.75, 3.05) is 0 Å². The van der Waals surface area contributed by atoms with Crippen molar-refractivity contribution >= 4 is 11.6 Å². The normalized spacial score (nSPS) is 11.0. The molecule has 106 valence electrons.